The number of alkyl halides is 1. The van der Waals surface area contributed by atoms with Gasteiger partial charge < -0.3 is 19.8 Å². The Morgan fingerprint density at radius 2 is 1.64 bits per heavy atom. The predicted molar refractivity (Wildman–Crippen MR) is 173 cm³/mol. The largest absolute Gasteiger partial charge is 0.396 e. The highest BCUT2D eigenvalue weighted by Crippen LogP contribution is 2.68. The third-order valence-corrected chi connectivity index (χ3v) is 11.9. The number of nitrogens with zero attached hydrogens (tertiary/aromatic N) is 3. The number of halogens is 2. The molecule has 10 heteroatoms. The van der Waals surface area contributed by atoms with Crippen LogP contribution in [0.15, 0.2) is 79.9 Å². The zero-order chi connectivity index (χ0) is 30.0. The molecular formula is C32H35BrClN3O4S. The number of carbonyl (C=O) groups is 3. The van der Waals surface area contributed by atoms with Crippen LogP contribution >= 0.6 is 39.3 Å². The van der Waals surface area contributed by atoms with Crippen molar-refractivity contribution in [2.45, 2.75) is 40.1 Å². The van der Waals surface area contributed by atoms with Gasteiger partial charge in [-0.25, -0.2) is 0 Å². The lowest BCUT2D eigenvalue weighted by atomic mass is 9.70. The molecule has 3 heterocycles. The standard InChI is InChI=1S/C32H35BrClN3O4S/c1-3-16-35(22-10-6-5-7-11-22)29(39)25-26-30(40)37(18-8-9-19-38)28(32(26)20-24(33)27(25)42-32)31(41)36(17-4-2)23-14-12-21(34)13-15-23/h3-7,10-15,24-28,38H,1-2,8-9,16-20H2/t24?,25-,26-,27-,28?,32?/m0/s1. The number of carbonyl (C=O) groups excluding carboxylic acids is 3. The fraction of sp³-hybridized carbons (Fsp3) is 0.406. The SMILES string of the molecule is C=CCN(C(=O)C1N(CCCCO)C(=O)[C@@H]2[C@H](C(=O)N(CC=C)c3ccccc3)[C@H]3SC12CC3Br)c1ccc(Cl)cc1. The average Bonchev–Trinajstić information content (AvgIpc) is 3.58. The molecule has 0 aromatic heterocycles. The van der Waals surface area contributed by atoms with Crippen molar-refractivity contribution in [1.29, 1.82) is 0 Å². The first-order chi connectivity index (χ1) is 20.3. The molecule has 0 radical (unpaired) electrons. The Bertz CT molecular complexity index is 1350. The number of aliphatic hydroxyl groups is 1. The molecule has 0 saturated carbocycles. The van der Waals surface area contributed by atoms with E-state index in [4.69, 9.17) is 11.6 Å². The van der Waals surface area contributed by atoms with Crippen LogP contribution in [0.5, 0.6) is 0 Å². The van der Waals surface area contributed by atoms with Gasteiger partial charge >= 0.3 is 0 Å². The third kappa shape index (κ3) is 5.34. The Labute approximate surface area is 264 Å². The van der Waals surface area contributed by atoms with Crippen LogP contribution < -0.4 is 9.80 Å². The zero-order valence-electron chi connectivity index (χ0n) is 23.3. The molecule has 222 valence electrons. The molecule has 2 bridgehead atoms. The van der Waals surface area contributed by atoms with Crippen LogP contribution in [0.2, 0.25) is 5.02 Å². The maximum Gasteiger partial charge on any atom is 0.251 e. The van der Waals surface area contributed by atoms with Gasteiger partial charge in [0.15, 0.2) is 0 Å². The number of amides is 3. The summed E-state index contributed by atoms with van der Waals surface area (Å²) in [5.41, 5.74) is 1.40. The summed E-state index contributed by atoms with van der Waals surface area (Å²) in [5.74, 6) is -1.76. The van der Waals surface area contributed by atoms with E-state index >= 15 is 0 Å². The van der Waals surface area contributed by atoms with Crippen molar-refractivity contribution in [3.63, 3.8) is 0 Å². The Hall–Kier alpha value is -2.59. The number of thioether (sulfide) groups is 1. The number of likely N-dealkylation sites (tertiary alicyclic amines) is 1. The summed E-state index contributed by atoms with van der Waals surface area (Å²) in [6.45, 7) is 8.63. The molecule has 0 aliphatic carbocycles. The molecule has 7 nitrogen and oxygen atoms in total. The predicted octanol–water partition coefficient (Wildman–Crippen LogP) is 5.32. The maximum absolute atomic E-state index is 14.6. The van der Waals surface area contributed by atoms with Crippen LogP contribution in [0.3, 0.4) is 0 Å². The lowest BCUT2D eigenvalue weighted by molar-refractivity contribution is -0.139. The van der Waals surface area contributed by atoms with Gasteiger partial charge in [0.1, 0.15) is 6.04 Å². The topological polar surface area (TPSA) is 81.2 Å². The van der Waals surface area contributed by atoms with E-state index in [-0.39, 0.29) is 41.0 Å². The first kappa shape index (κ1) is 30.9. The van der Waals surface area contributed by atoms with Gasteiger partial charge in [-0.3, -0.25) is 14.4 Å². The van der Waals surface area contributed by atoms with Crippen LogP contribution in [-0.4, -0.2) is 74.8 Å². The van der Waals surface area contributed by atoms with E-state index in [1.165, 1.54) is 0 Å². The second-order valence-corrected chi connectivity index (χ2v) is 14.1. The van der Waals surface area contributed by atoms with Crippen molar-refractivity contribution in [3.8, 4) is 0 Å². The van der Waals surface area contributed by atoms with Gasteiger partial charge in [0.05, 0.1) is 16.6 Å². The average molecular weight is 673 g/mol. The van der Waals surface area contributed by atoms with Crippen LogP contribution in [0, 0.1) is 11.8 Å². The molecule has 42 heavy (non-hydrogen) atoms. The summed E-state index contributed by atoms with van der Waals surface area (Å²) in [7, 11) is 0. The van der Waals surface area contributed by atoms with Crippen LogP contribution in [0.1, 0.15) is 19.3 Å². The molecule has 3 amide bonds. The van der Waals surface area contributed by atoms with Crippen LogP contribution in [0.25, 0.3) is 0 Å². The minimum absolute atomic E-state index is 0.00240. The molecule has 1 N–H and O–H groups in total. The first-order valence-corrected chi connectivity index (χ1v) is 16.3. The van der Waals surface area contributed by atoms with E-state index in [1.54, 1.807) is 62.9 Å². The van der Waals surface area contributed by atoms with Gasteiger partial charge in [0.2, 0.25) is 11.8 Å². The minimum Gasteiger partial charge on any atom is -0.396 e. The van der Waals surface area contributed by atoms with Crippen molar-refractivity contribution in [3.05, 3.63) is 84.9 Å². The van der Waals surface area contributed by atoms with Gasteiger partial charge in [-0.05, 0) is 55.7 Å². The Kier molecular flexibility index (Phi) is 9.52. The number of aliphatic hydroxyl groups excluding tert-OH is 1. The number of unbranched alkanes of at least 4 members (excludes halogenated alkanes) is 1. The van der Waals surface area contributed by atoms with Gasteiger partial charge in [-0.2, -0.15) is 0 Å². The van der Waals surface area contributed by atoms with Crippen molar-refractivity contribution < 1.29 is 19.5 Å². The molecule has 5 rings (SSSR count). The number of fused-ring (bicyclic) bond motifs is 1. The number of rotatable bonds is 12. The molecule has 6 atom stereocenters. The molecule has 3 aliphatic heterocycles. The molecule has 3 unspecified atom stereocenters. The van der Waals surface area contributed by atoms with Crippen molar-refractivity contribution in [2.75, 3.05) is 36.0 Å². The summed E-state index contributed by atoms with van der Waals surface area (Å²) >= 11 is 11.6. The van der Waals surface area contributed by atoms with Gasteiger partial charge in [0.25, 0.3) is 5.91 Å². The summed E-state index contributed by atoms with van der Waals surface area (Å²) in [5, 5.41) is 9.87. The lowest BCUT2D eigenvalue weighted by Crippen LogP contribution is -2.56. The quantitative estimate of drug-likeness (QED) is 0.188. The zero-order valence-corrected chi connectivity index (χ0v) is 26.4. The minimum atomic E-state index is -0.783. The van der Waals surface area contributed by atoms with E-state index in [0.29, 0.717) is 43.1 Å². The van der Waals surface area contributed by atoms with E-state index in [9.17, 15) is 19.5 Å². The van der Waals surface area contributed by atoms with E-state index < -0.39 is 22.6 Å². The number of anilines is 2. The van der Waals surface area contributed by atoms with Crippen molar-refractivity contribution in [1.82, 2.24) is 4.90 Å². The maximum atomic E-state index is 14.6. The highest BCUT2D eigenvalue weighted by atomic mass is 79.9. The second-order valence-electron chi connectivity index (χ2n) is 10.9. The van der Waals surface area contributed by atoms with Crippen molar-refractivity contribution in [2.24, 2.45) is 11.8 Å². The summed E-state index contributed by atoms with van der Waals surface area (Å²) in [4.78, 5) is 48.5. The smallest absolute Gasteiger partial charge is 0.251 e. The van der Waals surface area contributed by atoms with Crippen LogP contribution in [-0.2, 0) is 14.4 Å². The van der Waals surface area contributed by atoms with Gasteiger partial charge in [-0.15, -0.1) is 24.9 Å². The highest BCUT2D eigenvalue weighted by molar-refractivity contribution is 9.09. The van der Waals surface area contributed by atoms with E-state index in [0.717, 1.165) is 5.69 Å². The monoisotopic (exact) mass is 671 g/mol. The van der Waals surface area contributed by atoms with Gasteiger partial charge in [0, 0.05) is 52.7 Å². The Balaban J connectivity index is 1.57. The normalized spacial score (nSPS) is 27.5. The molecular weight excluding hydrogens is 638 g/mol. The molecule has 1 spiro atoms. The van der Waals surface area contributed by atoms with E-state index in [2.05, 4.69) is 29.1 Å². The summed E-state index contributed by atoms with van der Waals surface area (Å²) in [6.07, 6.45) is 5.01. The van der Waals surface area contributed by atoms with Gasteiger partial charge in [-0.1, -0.05) is 57.9 Å². The Morgan fingerprint density at radius 1 is 1.02 bits per heavy atom. The first-order valence-electron chi connectivity index (χ1n) is 14.2. The number of hydrogen-bond acceptors (Lipinski definition) is 5. The molecule has 3 aliphatic rings. The third-order valence-electron chi connectivity index (χ3n) is 8.48. The fourth-order valence-corrected chi connectivity index (χ4v) is 10.5. The Morgan fingerprint density at radius 3 is 2.26 bits per heavy atom. The lowest BCUT2D eigenvalue weighted by Gasteiger charge is -2.38. The molecule has 3 saturated heterocycles. The molecule has 2 aromatic carbocycles. The molecule has 3 fully saturated rings. The summed E-state index contributed by atoms with van der Waals surface area (Å²) in [6, 6.07) is 15.7. The highest BCUT2D eigenvalue weighted by Gasteiger charge is 2.76. The second kappa shape index (κ2) is 13.0. The number of para-hydroxylation sites is 1. The molecule has 2 aromatic rings. The fourth-order valence-electron chi connectivity index (χ4n) is 6.79. The van der Waals surface area contributed by atoms with Crippen molar-refractivity contribution >= 4 is 68.4 Å². The number of hydrogen-bond donors (Lipinski definition) is 1. The number of benzene rings is 2. The van der Waals surface area contributed by atoms with Crippen LogP contribution in [0.4, 0.5) is 11.4 Å². The van der Waals surface area contributed by atoms with E-state index in [1.807, 2.05) is 30.3 Å². The summed E-state index contributed by atoms with van der Waals surface area (Å²) < 4.78 is -0.783.